The fourth-order valence-electron chi connectivity index (χ4n) is 3.37. The Morgan fingerprint density at radius 2 is 1.86 bits per heavy atom. The third-order valence-corrected chi connectivity index (χ3v) is 5.27. The minimum Gasteiger partial charge on any atom is -0.489 e. The average Bonchev–Trinajstić information content (AvgIpc) is 3.14. The molecule has 4 rings (SSSR count). The Morgan fingerprint density at radius 1 is 1.00 bits per heavy atom. The van der Waals surface area contributed by atoms with Gasteiger partial charge < -0.3 is 15.0 Å². The number of fused-ring (bicyclic) bond motifs is 1. The van der Waals surface area contributed by atoms with Crippen molar-refractivity contribution in [2.24, 2.45) is 0 Å². The van der Waals surface area contributed by atoms with Crippen LogP contribution in [0.2, 0.25) is 5.02 Å². The zero-order chi connectivity index (χ0) is 20.1. The van der Waals surface area contributed by atoms with E-state index in [1.807, 2.05) is 30.3 Å². The summed E-state index contributed by atoms with van der Waals surface area (Å²) in [5.74, 6) is 0.341. The highest BCUT2D eigenvalue weighted by Gasteiger charge is 2.08. The first-order valence-electron chi connectivity index (χ1n) is 9.61. The Morgan fingerprint density at radius 3 is 2.76 bits per heavy atom. The summed E-state index contributed by atoms with van der Waals surface area (Å²) >= 11 is 6.06. The van der Waals surface area contributed by atoms with Crippen LogP contribution in [-0.4, -0.2) is 11.5 Å². The summed E-state index contributed by atoms with van der Waals surface area (Å²) in [6, 6.07) is 20.8. The largest absolute Gasteiger partial charge is 0.489 e. The fourth-order valence-corrected chi connectivity index (χ4v) is 3.58. The van der Waals surface area contributed by atoms with Gasteiger partial charge in [0, 0.05) is 29.2 Å². The molecule has 0 saturated heterocycles. The first-order chi connectivity index (χ1) is 14.2. The van der Waals surface area contributed by atoms with Gasteiger partial charge in [-0.1, -0.05) is 48.0 Å². The van der Waals surface area contributed by atoms with Crippen LogP contribution in [-0.2, 0) is 19.6 Å². The van der Waals surface area contributed by atoms with Crippen LogP contribution in [0, 0.1) is 5.82 Å². The molecule has 29 heavy (non-hydrogen) atoms. The van der Waals surface area contributed by atoms with E-state index in [4.69, 9.17) is 16.3 Å². The summed E-state index contributed by atoms with van der Waals surface area (Å²) in [5.41, 5.74) is 3.96. The van der Waals surface area contributed by atoms with Gasteiger partial charge in [-0.2, -0.15) is 0 Å². The first kappa shape index (κ1) is 19.5. The highest BCUT2D eigenvalue weighted by molar-refractivity contribution is 6.31. The first-order valence-corrected chi connectivity index (χ1v) is 9.99. The molecule has 0 aliphatic rings. The van der Waals surface area contributed by atoms with Crippen molar-refractivity contribution in [1.29, 1.82) is 0 Å². The van der Waals surface area contributed by atoms with Gasteiger partial charge in [0.1, 0.15) is 18.2 Å². The molecular weight excluding hydrogens is 387 g/mol. The van der Waals surface area contributed by atoms with E-state index in [0.717, 1.165) is 25.1 Å². The summed E-state index contributed by atoms with van der Waals surface area (Å²) in [7, 11) is 0. The van der Waals surface area contributed by atoms with Gasteiger partial charge in [-0.3, -0.25) is 0 Å². The molecular formula is C24H22ClFN2O. The van der Waals surface area contributed by atoms with E-state index in [1.54, 1.807) is 12.1 Å². The van der Waals surface area contributed by atoms with Crippen molar-refractivity contribution in [3.05, 3.63) is 100 Å². The number of ether oxygens (including phenoxy) is 1. The normalized spacial score (nSPS) is 11.1. The fraction of sp³-hybridized carbons (Fsp3) is 0.167. The predicted molar refractivity (Wildman–Crippen MR) is 116 cm³/mol. The number of rotatable bonds is 8. The minimum absolute atomic E-state index is 0.100. The molecule has 0 aliphatic carbocycles. The van der Waals surface area contributed by atoms with Crippen LogP contribution in [0.5, 0.6) is 5.75 Å². The van der Waals surface area contributed by atoms with Crippen molar-refractivity contribution in [2.75, 3.05) is 6.54 Å². The number of benzene rings is 3. The lowest BCUT2D eigenvalue weighted by atomic mass is 10.1. The topological polar surface area (TPSA) is 37.0 Å². The SMILES string of the molecule is Fc1cccc(Cl)c1COc1cccc(CNCCc2c[nH]c3ccccc23)c1. The molecule has 148 valence electrons. The van der Waals surface area contributed by atoms with E-state index in [2.05, 4.69) is 34.7 Å². The Bertz CT molecular complexity index is 1090. The third-order valence-electron chi connectivity index (χ3n) is 4.92. The maximum Gasteiger partial charge on any atom is 0.131 e. The van der Waals surface area contributed by atoms with Crippen LogP contribution in [0.4, 0.5) is 4.39 Å². The van der Waals surface area contributed by atoms with Crippen LogP contribution in [0.3, 0.4) is 0 Å². The molecule has 0 atom stereocenters. The molecule has 3 nitrogen and oxygen atoms in total. The summed E-state index contributed by atoms with van der Waals surface area (Å²) in [6.45, 7) is 1.71. The van der Waals surface area contributed by atoms with E-state index < -0.39 is 0 Å². The zero-order valence-electron chi connectivity index (χ0n) is 15.9. The zero-order valence-corrected chi connectivity index (χ0v) is 16.7. The van der Waals surface area contributed by atoms with E-state index in [1.165, 1.54) is 22.5 Å². The molecule has 0 amide bonds. The van der Waals surface area contributed by atoms with Crippen LogP contribution < -0.4 is 10.1 Å². The Kier molecular flexibility index (Phi) is 6.13. The number of halogens is 2. The molecule has 0 unspecified atom stereocenters. The highest BCUT2D eigenvalue weighted by atomic mass is 35.5. The van der Waals surface area contributed by atoms with Gasteiger partial charge in [0.2, 0.25) is 0 Å². The molecule has 1 aromatic heterocycles. The van der Waals surface area contributed by atoms with Crippen molar-refractivity contribution < 1.29 is 9.13 Å². The molecule has 0 saturated carbocycles. The second kappa shape index (κ2) is 9.12. The van der Waals surface area contributed by atoms with Crippen molar-refractivity contribution in [1.82, 2.24) is 10.3 Å². The van der Waals surface area contributed by atoms with Gasteiger partial charge >= 0.3 is 0 Å². The predicted octanol–water partition coefficient (Wildman–Crippen LogP) is 5.87. The summed E-state index contributed by atoms with van der Waals surface area (Å²) in [4.78, 5) is 3.31. The Balaban J connectivity index is 1.30. The van der Waals surface area contributed by atoms with Gasteiger partial charge in [0.05, 0.1) is 5.02 Å². The van der Waals surface area contributed by atoms with Crippen LogP contribution in [0.1, 0.15) is 16.7 Å². The van der Waals surface area contributed by atoms with Gasteiger partial charge in [0.15, 0.2) is 0 Å². The van der Waals surface area contributed by atoms with Crippen molar-refractivity contribution in [3.8, 4) is 5.75 Å². The second-order valence-corrected chi connectivity index (χ2v) is 7.33. The molecule has 0 spiro atoms. The maximum atomic E-state index is 13.9. The molecule has 4 aromatic rings. The van der Waals surface area contributed by atoms with Crippen LogP contribution >= 0.6 is 11.6 Å². The molecule has 0 radical (unpaired) electrons. The Labute approximate surface area is 174 Å². The summed E-state index contributed by atoms with van der Waals surface area (Å²) in [5, 5.41) is 5.12. The maximum absolute atomic E-state index is 13.9. The van der Waals surface area contributed by atoms with Gasteiger partial charge in [-0.25, -0.2) is 4.39 Å². The second-order valence-electron chi connectivity index (χ2n) is 6.92. The quantitative estimate of drug-likeness (QED) is 0.358. The van der Waals surface area contributed by atoms with E-state index in [0.29, 0.717) is 16.3 Å². The van der Waals surface area contributed by atoms with Crippen LogP contribution in [0.15, 0.2) is 72.9 Å². The lowest BCUT2D eigenvalue weighted by Crippen LogP contribution is -2.16. The summed E-state index contributed by atoms with van der Waals surface area (Å²) in [6.07, 6.45) is 3.03. The van der Waals surface area contributed by atoms with Gasteiger partial charge in [0.25, 0.3) is 0 Å². The Hall–Kier alpha value is -2.82. The van der Waals surface area contributed by atoms with Gasteiger partial charge in [-0.05, 0) is 54.4 Å². The third kappa shape index (κ3) is 4.78. The number of hydrogen-bond acceptors (Lipinski definition) is 2. The number of para-hydroxylation sites is 1. The lowest BCUT2D eigenvalue weighted by molar-refractivity contribution is 0.299. The number of aromatic nitrogens is 1. The molecule has 1 heterocycles. The lowest BCUT2D eigenvalue weighted by Gasteiger charge is -2.10. The number of hydrogen-bond donors (Lipinski definition) is 2. The van der Waals surface area contributed by atoms with Crippen molar-refractivity contribution in [2.45, 2.75) is 19.6 Å². The average molecular weight is 409 g/mol. The number of nitrogens with one attached hydrogen (secondary N) is 2. The monoisotopic (exact) mass is 408 g/mol. The van der Waals surface area contributed by atoms with Crippen LogP contribution in [0.25, 0.3) is 10.9 Å². The van der Waals surface area contributed by atoms with E-state index in [-0.39, 0.29) is 12.4 Å². The molecule has 0 fully saturated rings. The molecule has 0 aliphatic heterocycles. The minimum atomic E-state index is -0.354. The van der Waals surface area contributed by atoms with Gasteiger partial charge in [-0.15, -0.1) is 0 Å². The standard InChI is InChI=1S/C24H22ClFN2O/c25-22-8-4-9-23(26)21(22)16-29-19-6-3-5-17(13-19)14-27-12-11-18-15-28-24-10-2-1-7-20(18)24/h1-10,13,15,27-28H,11-12,14,16H2. The molecule has 3 aromatic carbocycles. The summed E-state index contributed by atoms with van der Waals surface area (Å²) < 4.78 is 19.6. The van der Waals surface area contributed by atoms with Crippen molar-refractivity contribution in [3.63, 3.8) is 0 Å². The van der Waals surface area contributed by atoms with Crippen molar-refractivity contribution >= 4 is 22.5 Å². The molecule has 2 N–H and O–H groups in total. The smallest absolute Gasteiger partial charge is 0.131 e. The number of H-pyrrole nitrogens is 1. The van der Waals surface area contributed by atoms with E-state index in [9.17, 15) is 4.39 Å². The van der Waals surface area contributed by atoms with E-state index >= 15 is 0 Å². The molecule has 0 bridgehead atoms. The molecule has 5 heteroatoms. The highest BCUT2D eigenvalue weighted by Crippen LogP contribution is 2.22. The number of aromatic amines is 1.